The topological polar surface area (TPSA) is 17.3 Å². The van der Waals surface area contributed by atoms with Gasteiger partial charge < -0.3 is 4.57 Å². The summed E-state index contributed by atoms with van der Waals surface area (Å²) in [6.45, 7) is 0. The first kappa shape index (κ1) is 7.88. The number of benzene rings is 1. The number of fused-ring (bicyclic) bond motifs is 3. The number of nitrogens with zero attached hydrogens (tertiary/aromatic N) is 2. The lowest BCUT2D eigenvalue weighted by molar-refractivity contribution is 1.03. The number of rotatable bonds is 0. The molecule has 0 unspecified atom stereocenters. The molecule has 68 valence electrons. The zero-order valence-corrected chi connectivity index (χ0v) is 8.24. The second-order valence-electron chi connectivity index (χ2n) is 3.10. The molecular formula is C11H8N2S. The Morgan fingerprint density at radius 2 is 2.00 bits per heavy atom. The van der Waals surface area contributed by atoms with Crippen molar-refractivity contribution in [1.82, 2.24) is 4.57 Å². The lowest BCUT2D eigenvalue weighted by Crippen LogP contribution is -1.96. The fraction of sp³-hybridized carbons (Fsp3) is 0. The number of hydrogen-bond donors (Lipinski definition) is 0. The second-order valence-corrected chi connectivity index (χ2v) is 3.93. The minimum absolute atomic E-state index is 1.13. The molecule has 1 aromatic heterocycles. The average molecular weight is 200 g/mol. The summed E-state index contributed by atoms with van der Waals surface area (Å²) in [7, 11) is 0. The second kappa shape index (κ2) is 3.03. The Labute approximate surface area is 86.4 Å². The van der Waals surface area contributed by atoms with Crippen LogP contribution in [0.3, 0.4) is 0 Å². The summed E-state index contributed by atoms with van der Waals surface area (Å²) in [5, 5.41) is 0. The third-order valence-electron chi connectivity index (χ3n) is 2.24. The van der Waals surface area contributed by atoms with E-state index in [0.29, 0.717) is 0 Å². The van der Waals surface area contributed by atoms with Crippen molar-refractivity contribution in [3.8, 4) is 5.69 Å². The zero-order chi connectivity index (χ0) is 9.38. The maximum atomic E-state index is 4.30. The van der Waals surface area contributed by atoms with Gasteiger partial charge >= 0.3 is 0 Å². The molecule has 0 spiro atoms. The van der Waals surface area contributed by atoms with Crippen LogP contribution in [0.5, 0.6) is 0 Å². The van der Waals surface area contributed by atoms with Crippen LogP contribution < -0.4 is 0 Å². The molecule has 1 aliphatic heterocycles. The van der Waals surface area contributed by atoms with E-state index in [0.717, 1.165) is 5.69 Å². The first-order valence-electron chi connectivity index (χ1n) is 4.42. The van der Waals surface area contributed by atoms with Gasteiger partial charge in [-0.25, -0.2) is 4.40 Å². The highest BCUT2D eigenvalue weighted by molar-refractivity contribution is 7.98. The Hall–Kier alpha value is -1.48. The van der Waals surface area contributed by atoms with E-state index in [2.05, 4.69) is 39.4 Å². The average Bonchev–Trinajstić information content (AvgIpc) is 2.61. The van der Waals surface area contributed by atoms with Gasteiger partial charge in [-0.05, 0) is 24.3 Å². The Morgan fingerprint density at radius 3 is 3.00 bits per heavy atom. The van der Waals surface area contributed by atoms with Crippen molar-refractivity contribution >= 4 is 18.2 Å². The maximum Gasteiger partial charge on any atom is 0.0646 e. The van der Waals surface area contributed by atoms with Crippen molar-refractivity contribution in [3.05, 3.63) is 48.3 Å². The molecule has 0 saturated heterocycles. The van der Waals surface area contributed by atoms with Crippen molar-refractivity contribution < 1.29 is 0 Å². The van der Waals surface area contributed by atoms with E-state index < -0.39 is 0 Å². The highest BCUT2D eigenvalue weighted by Crippen LogP contribution is 2.29. The zero-order valence-electron chi connectivity index (χ0n) is 7.42. The van der Waals surface area contributed by atoms with Gasteiger partial charge in [0.25, 0.3) is 0 Å². The van der Waals surface area contributed by atoms with E-state index in [4.69, 9.17) is 0 Å². The van der Waals surface area contributed by atoms with Gasteiger partial charge in [0.05, 0.1) is 22.5 Å². The molecule has 3 heteroatoms. The number of para-hydroxylation sites is 1. The molecule has 0 atom stereocenters. The van der Waals surface area contributed by atoms with Gasteiger partial charge in [-0.1, -0.05) is 12.1 Å². The van der Waals surface area contributed by atoms with Gasteiger partial charge in [0.15, 0.2) is 0 Å². The van der Waals surface area contributed by atoms with E-state index >= 15 is 0 Å². The molecule has 0 fully saturated rings. The van der Waals surface area contributed by atoms with Gasteiger partial charge in [-0.15, -0.1) is 0 Å². The molecule has 0 saturated carbocycles. The Kier molecular flexibility index (Phi) is 1.70. The molecule has 14 heavy (non-hydrogen) atoms. The first-order valence-corrected chi connectivity index (χ1v) is 5.20. The predicted octanol–water partition coefficient (Wildman–Crippen LogP) is 2.92. The predicted molar refractivity (Wildman–Crippen MR) is 59.2 cm³/mol. The normalized spacial score (nSPS) is 13.1. The standard InChI is InChI=1S/C11H8N2S/c1-2-6-11-10(5-1)13-7-3-4-9(13)8-12-14-11/h1-8H. The molecule has 0 radical (unpaired) electrons. The van der Waals surface area contributed by atoms with Crippen LogP contribution >= 0.6 is 11.9 Å². The summed E-state index contributed by atoms with van der Waals surface area (Å²) >= 11 is 1.52. The molecule has 1 aromatic carbocycles. The highest BCUT2D eigenvalue weighted by Gasteiger charge is 2.09. The summed E-state index contributed by atoms with van der Waals surface area (Å²) in [5.41, 5.74) is 2.33. The van der Waals surface area contributed by atoms with E-state index in [9.17, 15) is 0 Å². The van der Waals surface area contributed by atoms with E-state index in [1.54, 1.807) is 0 Å². The van der Waals surface area contributed by atoms with E-state index in [1.807, 2.05) is 18.3 Å². The van der Waals surface area contributed by atoms with Gasteiger partial charge in [0.1, 0.15) is 0 Å². The van der Waals surface area contributed by atoms with Crippen LogP contribution in [0.4, 0.5) is 0 Å². The fourth-order valence-electron chi connectivity index (χ4n) is 1.59. The van der Waals surface area contributed by atoms with Gasteiger partial charge in [0.2, 0.25) is 0 Å². The molecule has 3 rings (SSSR count). The van der Waals surface area contributed by atoms with Gasteiger partial charge in [-0.2, -0.15) is 0 Å². The van der Waals surface area contributed by atoms with Crippen molar-refractivity contribution in [2.24, 2.45) is 4.40 Å². The molecule has 2 aromatic rings. The molecule has 0 aliphatic carbocycles. The van der Waals surface area contributed by atoms with Gasteiger partial charge in [0, 0.05) is 18.1 Å². The summed E-state index contributed by atoms with van der Waals surface area (Å²) < 4.78 is 6.45. The summed E-state index contributed by atoms with van der Waals surface area (Å²) in [5.74, 6) is 0. The third-order valence-corrected chi connectivity index (χ3v) is 2.99. The van der Waals surface area contributed by atoms with Gasteiger partial charge in [-0.3, -0.25) is 0 Å². The van der Waals surface area contributed by atoms with Crippen LogP contribution in [0.1, 0.15) is 5.69 Å². The number of aromatic nitrogens is 1. The lowest BCUT2D eigenvalue weighted by Gasteiger charge is -2.06. The minimum Gasteiger partial charge on any atom is -0.314 e. The van der Waals surface area contributed by atoms with Crippen LogP contribution in [0, 0.1) is 0 Å². The Balaban J connectivity index is 2.33. The van der Waals surface area contributed by atoms with E-state index in [-0.39, 0.29) is 0 Å². The Morgan fingerprint density at radius 1 is 1.07 bits per heavy atom. The lowest BCUT2D eigenvalue weighted by atomic mass is 10.3. The number of hydrogen-bond acceptors (Lipinski definition) is 2. The smallest absolute Gasteiger partial charge is 0.0646 e. The molecule has 1 aliphatic rings. The van der Waals surface area contributed by atoms with Crippen LogP contribution in [-0.2, 0) is 0 Å². The highest BCUT2D eigenvalue weighted by atomic mass is 32.2. The Bertz CT molecular complexity index is 499. The fourth-order valence-corrected chi connectivity index (χ4v) is 2.26. The first-order chi connectivity index (χ1) is 6.95. The monoisotopic (exact) mass is 200 g/mol. The van der Waals surface area contributed by atoms with Crippen molar-refractivity contribution in [3.63, 3.8) is 0 Å². The molecular weight excluding hydrogens is 192 g/mol. The molecule has 0 amide bonds. The van der Waals surface area contributed by atoms with E-state index in [1.165, 1.54) is 22.5 Å². The summed E-state index contributed by atoms with van der Waals surface area (Å²) in [4.78, 5) is 1.19. The molecule has 2 nitrogen and oxygen atoms in total. The van der Waals surface area contributed by atoms with Crippen molar-refractivity contribution in [2.45, 2.75) is 4.90 Å². The molecule has 2 heterocycles. The summed E-state index contributed by atoms with van der Waals surface area (Å²) in [6.07, 6.45) is 3.96. The minimum atomic E-state index is 1.13. The van der Waals surface area contributed by atoms with Crippen molar-refractivity contribution in [1.29, 1.82) is 0 Å². The van der Waals surface area contributed by atoms with Crippen LogP contribution in [0.25, 0.3) is 5.69 Å². The molecule has 0 N–H and O–H groups in total. The van der Waals surface area contributed by atoms with Crippen LogP contribution in [0.15, 0.2) is 51.9 Å². The van der Waals surface area contributed by atoms with Crippen LogP contribution in [0.2, 0.25) is 0 Å². The quantitative estimate of drug-likeness (QED) is 0.598. The van der Waals surface area contributed by atoms with Crippen LogP contribution in [-0.4, -0.2) is 10.8 Å². The maximum absolute atomic E-state index is 4.30. The largest absolute Gasteiger partial charge is 0.314 e. The van der Waals surface area contributed by atoms with Crippen molar-refractivity contribution in [2.75, 3.05) is 0 Å². The molecule has 0 bridgehead atoms. The third kappa shape index (κ3) is 1.09. The SMILES string of the molecule is C1=NSc2ccccc2-n2cccc21. The summed E-state index contributed by atoms with van der Waals surface area (Å²) in [6, 6.07) is 12.4.